The van der Waals surface area contributed by atoms with Crippen LogP contribution >= 0.6 is 0 Å². The fourth-order valence-electron chi connectivity index (χ4n) is 4.76. The Bertz CT molecular complexity index is 639. The number of aliphatic imine (C=N–C) groups is 1. The zero-order valence-electron chi connectivity index (χ0n) is 16.1. The minimum absolute atomic E-state index is 0.0468. The van der Waals surface area contributed by atoms with E-state index in [1.54, 1.807) is 0 Å². The van der Waals surface area contributed by atoms with Crippen molar-refractivity contribution in [2.75, 3.05) is 31.2 Å². The van der Waals surface area contributed by atoms with Gasteiger partial charge in [-0.1, -0.05) is 12.8 Å². The van der Waals surface area contributed by atoms with Gasteiger partial charge in [-0.2, -0.15) is 0 Å². The van der Waals surface area contributed by atoms with Gasteiger partial charge >= 0.3 is 0 Å². The fraction of sp³-hybridized carbons (Fsp3) is 0.947. The molecule has 1 spiro atoms. The minimum atomic E-state index is -2.85. The third-order valence-electron chi connectivity index (χ3n) is 6.31. The maximum atomic E-state index is 11.7. The van der Waals surface area contributed by atoms with E-state index in [2.05, 4.69) is 10.6 Å². The standard InChI is InChI=1S/C19H33N3O4S/c23-27(24)10-7-15(14-27)11-20-18(22-16-5-1-2-6-16)21-12-17-13-25-19(26-17)8-3-4-9-19/h15-17H,1-14H2,(H2,20,21,22). The first kappa shape index (κ1) is 19.5. The van der Waals surface area contributed by atoms with Crippen LogP contribution in [0.3, 0.4) is 0 Å². The van der Waals surface area contributed by atoms with Crippen LogP contribution in [-0.4, -0.2) is 63.5 Å². The lowest BCUT2D eigenvalue weighted by Crippen LogP contribution is -2.46. The summed E-state index contributed by atoms with van der Waals surface area (Å²) in [6.07, 6.45) is 10.00. The molecule has 2 aliphatic carbocycles. The predicted molar refractivity (Wildman–Crippen MR) is 104 cm³/mol. The van der Waals surface area contributed by atoms with Crippen molar-refractivity contribution < 1.29 is 17.9 Å². The first-order chi connectivity index (χ1) is 13.0. The second-order valence-electron chi connectivity index (χ2n) is 8.63. The number of nitrogens with one attached hydrogen (secondary N) is 2. The molecule has 0 aromatic rings. The molecule has 0 bridgehead atoms. The summed E-state index contributed by atoms with van der Waals surface area (Å²) < 4.78 is 35.5. The van der Waals surface area contributed by atoms with Gasteiger partial charge in [0.1, 0.15) is 6.10 Å². The molecule has 2 N–H and O–H groups in total. The van der Waals surface area contributed by atoms with Gasteiger partial charge in [0.25, 0.3) is 0 Å². The summed E-state index contributed by atoms with van der Waals surface area (Å²) >= 11 is 0. The van der Waals surface area contributed by atoms with E-state index in [1.165, 1.54) is 38.5 Å². The third-order valence-corrected chi connectivity index (χ3v) is 8.14. The molecule has 0 aromatic carbocycles. The first-order valence-electron chi connectivity index (χ1n) is 10.6. The largest absolute Gasteiger partial charge is 0.354 e. The summed E-state index contributed by atoms with van der Waals surface area (Å²) in [4.78, 5) is 4.72. The van der Waals surface area contributed by atoms with Crippen molar-refractivity contribution >= 4 is 15.8 Å². The van der Waals surface area contributed by atoms with Gasteiger partial charge in [0.05, 0.1) is 18.1 Å². The summed E-state index contributed by atoms with van der Waals surface area (Å²) in [6, 6.07) is 0.463. The van der Waals surface area contributed by atoms with E-state index in [-0.39, 0.29) is 23.6 Å². The Kier molecular flexibility index (Phi) is 5.94. The highest BCUT2D eigenvalue weighted by Gasteiger charge is 2.43. The summed E-state index contributed by atoms with van der Waals surface area (Å²) in [5.41, 5.74) is 0. The molecule has 4 aliphatic rings. The molecule has 2 heterocycles. The third kappa shape index (κ3) is 5.15. The normalized spacial score (nSPS) is 33.1. The molecule has 2 saturated carbocycles. The van der Waals surface area contributed by atoms with Crippen LogP contribution in [0.4, 0.5) is 0 Å². The van der Waals surface area contributed by atoms with Gasteiger partial charge in [0.2, 0.25) is 0 Å². The molecule has 7 nitrogen and oxygen atoms in total. The molecule has 154 valence electrons. The van der Waals surface area contributed by atoms with E-state index in [4.69, 9.17) is 14.5 Å². The molecule has 0 radical (unpaired) electrons. The van der Waals surface area contributed by atoms with Crippen LogP contribution in [0.5, 0.6) is 0 Å². The van der Waals surface area contributed by atoms with Crippen LogP contribution in [0.25, 0.3) is 0 Å². The molecule has 8 heteroatoms. The van der Waals surface area contributed by atoms with Gasteiger partial charge in [0, 0.05) is 32.0 Å². The van der Waals surface area contributed by atoms with E-state index in [0.29, 0.717) is 31.5 Å². The Morgan fingerprint density at radius 3 is 2.59 bits per heavy atom. The molecule has 4 rings (SSSR count). The summed E-state index contributed by atoms with van der Waals surface area (Å²) in [5.74, 6) is 1.18. The average Bonchev–Trinajstić information content (AvgIpc) is 3.41. The van der Waals surface area contributed by atoms with Gasteiger partial charge < -0.3 is 20.1 Å². The molecule has 4 fully saturated rings. The molecule has 0 aromatic heterocycles. The predicted octanol–water partition coefficient (Wildman–Crippen LogP) is 1.58. The average molecular weight is 400 g/mol. The Morgan fingerprint density at radius 2 is 1.89 bits per heavy atom. The van der Waals surface area contributed by atoms with Gasteiger partial charge in [-0.15, -0.1) is 0 Å². The monoisotopic (exact) mass is 399 g/mol. The van der Waals surface area contributed by atoms with Gasteiger partial charge in [0.15, 0.2) is 21.6 Å². The van der Waals surface area contributed by atoms with Crippen molar-refractivity contribution in [3.8, 4) is 0 Å². The topological polar surface area (TPSA) is 89.0 Å². The van der Waals surface area contributed by atoms with E-state index >= 15 is 0 Å². The number of hydrogen-bond donors (Lipinski definition) is 2. The fourth-order valence-corrected chi connectivity index (χ4v) is 6.61. The minimum Gasteiger partial charge on any atom is -0.354 e. The van der Waals surface area contributed by atoms with Gasteiger partial charge in [-0.25, -0.2) is 8.42 Å². The zero-order chi connectivity index (χ0) is 18.7. The smallest absolute Gasteiger partial charge is 0.191 e. The number of nitrogens with zero attached hydrogens (tertiary/aromatic N) is 1. The quantitative estimate of drug-likeness (QED) is 0.539. The van der Waals surface area contributed by atoms with Crippen molar-refractivity contribution in [3.05, 3.63) is 0 Å². The summed E-state index contributed by atoms with van der Waals surface area (Å²) in [5, 5.41) is 6.96. The van der Waals surface area contributed by atoms with Crippen molar-refractivity contribution in [2.24, 2.45) is 10.9 Å². The van der Waals surface area contributed by atoms with Crippen molar-refractivity contribution in [1.29, 1.82) is 0 Å². The Balaban J connectivity index is 1.31. The number of ether oxygens (including phenoxy) is 2. The van der Waals surface area contributed by atoms with Crippen LogP contribution in [-0.2, 0) is 19.3 Å². The lowest BCUT2D eigenvalue weighted by molar-refractivity contribution is -0.160. The van der Waals surface area contributed by atoms with Crippen LogP contribution in [0.15, 0.2) is 4.99 Å². The van der Waals surface area contributed by atoms with E-state index < -0.39 is 9.84 Å². The number of sulfone groups is 1. The van der Waals surface area contributed by atoms with Crippen LogP contribution in [0.1, 0.15) is 57.8 Å². The Morgan fingerprint density at radius 1 is 1.11 bits per heavy atom. The molecule has 27 heavy (non-hydrogen) atoms. The van der Waals surface area contributed by atoms with Gasteiger partial charge in [-0.05, 0) is 38.0 Å². The second-order valence-corrected chi connectivity index (χ2v) is 10.9. The second kappa shape index (κ2) is 8.25. The lowest BCUT2D eigenvalue weighted by atomic mass is 10.1. The maximum Gasteiger partial charge on any atom is 0.191 e. The summed E-state index contributed by atoms with van der Waals surface area (Å²) in [7, 11) is -2.85. The molecular weight excluding hydrogens is 366 g/mol. The molecule has 2 aliphatic heterocycles. The first-order valence-corrected chi connectivity index (χ1v) is 12.4. The SMILES string of the molecule is O=S1(=O)CCC(CN=C(NCC2COC3(CCCC3)O2)NC2CCCC2)C1. The molecule has 2 unspecified atom stereocenters. The van der Waals surface area contributed by atoms with Crippen LogP contribution in [0.2, 0.25) is 0 Å². The zero-order valence-corrected chi connectivity index (χ0v) is 16.9. The van der Waals surface area contributed by atoms with Crippen LogP contribution < -0.4 is 10.6 Å². The molecule has 2 atom stereocenters. The summed E-state index contributed by atoms with van der Waals surface area (Å²) in [6.45, 7) is 1.86. The number of rotatable bonds is 5. The van der Waals surface area contributed by atoms with Gasteiger partial charge in [-0.3, -0.25) is 4.99 Å². The number of guanidine groups is 1. The van der Waals surface area contributed by atoms with Crippen LogP contribution in [0, 0.1) is 5.92 Å². The van der Waals surface area contributed by atoms with Crippen molar-refractivity contribution in [2.45, 2.75) is 75.7 Å². The lowest BCUT2D eigenvalue weighted by Gasteiger charge is -2.23. The molecule has 2 saturated heterocycles. The van der Waals surface area contributed by atoms with E-state index in [0.717, 1.165) is 25.2 Å². The maximum absolute atomic E-state index is 11.7. The van der Waals surface area contributed by atoms with E-state index in [9.17, 15) is 8.42 Å². The van der Waals surface area contributed by atoms with E-state index in [1.807, 2.05) is 0 Å². The molecule has 0 amide bonds. The Hall–Kier alpha value is -0.860. The van der Waals surface area contributed by atoms with Crippen molar-refractivity contribution in [1.82, 2.24) is 10.6 Å². The molecular formula is C19H33N3O4S. The number of hydrogen-bond acceptors (Lipinski definition) is 5. The Labute approximate surface area is 162 Å². The highest BCUT2D eigenvalue weighted by atomic mass is 32.2. The highest BCUT2D eigenvalue weighted by molar-refractivity contribution is 7.91. The van der Waals surface area contributed by atoms with Crippen molar-refractivity contribution in [3.63, 3.8) is 0 Å². The highest BCUT2D eigenvalue weighted by Crippen LogP contribution is 2.39.